The maximum atomic E-state index is 10.8. The molecule has 0 saturated heterocycles. The lowest BCUT2D eigenvalue weighted by Gasteiger charge is -2.12. The first kappa shape index (κ1) is 12.1. The van der Waals surface area contributed by atoms with Crippen molar-refractivity contribution in [3.05, 3.63) is 35.4 Å². The second-order valence-corrected chi connectivity index (χ2v) is 5.00. The zero-order valence-electron chi connectivity index (χ0n) is 10.1. The molecule has 0 aliphatic heterocycles. The van der Waals surface area contributed by atoms with Crippen LogP contribution in [0.4, 0.5) is 0 Å². The largest absolute Gasteiger partial charge is 0.478 e. The van der Waals surface area contributed by atoms with E-state index in [0.29, 0.717) is 11.6 Å². The fourth-order valence-corrected chi connectivity index (χ4v) is 2.47. The molecular formula is C14H19NO2. The molecule has 0 bridgehead atoms. The molecule has 0 radical (unpaired) electrons. The van der Waals surface area contributed by atoms with Crippen LogP contribution < -0.4 is 5.32 Å². The van der Waals surface area contributed by atoms with Crippen LogP contribution in [-0.2, 0) is 6.54 Å². The standard InChI is InChI=1S/C14H19NO2/c1-10-5-6-13(7-10)15-9-11-3-2-4-12(8-11)14(16)17/h2-4,8,10,13,15H,5-7,9H2,1H3,(H,16,17). The van der Waals surface area contributed by atoms with Gasteiger partial charge in [0.25, 0.3) is 0 Å². The predicted octanol–water partition coefficient (Wildman–Crippen LogP) is 2.66. The first-order valence-corrected chi connectivity index (χ1v) is 6.21. The van der Waals surface area contributed by atoms with Crippen molar-refractivity contribution in [1.29, 1.82) is 0 Å². The first-order chi connectivity index (χ1) is 8.15. The molecule has 2 atom stereocenters. The summed E-state index contributed by atoms with van der Waals surface area (Å²) >= 11 is 0. The number of aromatic carboxylic acids is 1. The van der Waals surface area contributed by atoms with Gasteiger partial charge in [0.05, 0.1) is 5.56 Å². The van der Waals surface area contributed by atoms with Crippen LogP contribution in [0.25, 0.3) is 0 Å². The van der Waals surface area contributed by atoms with Crippen molar-refractivity contribution in [1.82, 2.24) is 5.32 Å². The van der Waals surface area contributed by atoms with Gasteiger partial charge in [-0.05, 0) is 42.9 Å². The minimum Gasteiger partial charge on any atom is -0.478 e. The van der Waals surface area contributed by atoms with Crippen molar-refractivity contribution in [2.75, 3.05) is 0 Å². The third kappa shape index (κ3) is 3.30. The SMILES string of the molecule is CC1CCC(NCc2cccc(C(=O)O)c2)C1. The normalized spacial score (nSPS) is 23.8. The molecule has 3 heteroatoms. The molecule has 1 fully saturated rings. The van der Waals surface area contributed by atoms with Crippen molar-refractivity contribution in [2.24, 2.45) is 5.92 Å². The molecule has 3 nitrogen and oxygen atoms in total. The molecule has 0 amide bonds. The summed E-state index contributed by atoms with van der Waals surface area (Å²) in [7, 11) is 0. The van der Waals surface area contributed by atoms with Crippen LogP contribution in [0.1, 0.15) is 42.1 Å². The van der Waals surface area contributed by atoms with Crippen LogP contribution in [0, 0.1) is 5.92 Å². The molecule has 0 spiro atoms. The van der Waals surface area contributed by atoms with Crippen LogP contribution in [0.3, 0.4) is 0 Å². The summed E-state index contributed by atoms with van der Waals surface area (Å²) in [5, 5.41) is 12.4. The van der Waals surface area contributed by atoms with Crippen molar-refractivity contribution < 1.29 is 9.90 Å². The van der Waals surface area contributed by atoms with E-state index in [-0.39, 0.29) is 0 Å². The van der Waals surface area contributed by atoms with Gasteiger partial charge in [0.15, 0.2) is 0 Å². The average Bonchev–Trinajstić information content (AvgIpc) is 2.73. The van der Waals surface area contributed by atoms with E-state index in [1.165, 1.54) is 19.3 Å². The monoisotopic (exact) mass is 233 g/mol. The number of carboxylic acids is 1. The minimum absolute atomic E-state index is 0.365. The summed E-state index contributed by atoms with van der Waals surface area (Å²) in [6.45, 7) is 3.05. The van der Waals surface area contributed by atoms with Gasteiger partial charge in [-0.2, -0.15) is 0 Å². The summed E-state index contributed by atoms with van der Waals surface area (Å²) < 4.78 is 0. The molecule has 2 rings (SSSR count). The van der Waals surface area contributed by atoms with Crippen LogP contribution in [0.2, 0.25) is 0 Å². The molecule has 2 unspecified atom stereocenters. The number of carboxylic acid groups (broad SMARTS) is 1. The van der Waals surface area contributed by atoms with E-state index in [1.54, 1.807) is 18.2 Å². The van der Waals surface area contributed by atoms with Crippen LogP contribution in [0.5, 0.6) is 0 Å². The van der Waals surface area contributed by atoms with E-state index in [0.717, 1.165) is 18.0 Å². The van der Waals surface area contributed by atoms with Gasteiger partial charge in [-0.25, -0.2) is 4.79 Å². The Balaban J connectivity index is 1.90. The Kier molecular flexibility index (Phi) is 3.79. The van der Waals surface area contributed by atoms with E-state index in [4.69, 9.17) is 5.11 Å². The number of hydrogen-bond acceptors (Lipinski definition) is 2. The van der Waals surface area contributed by atoms with Gasteiger partial charge >= 0.3 is 5.97 Å². The lowest BCUT2D eigenvalue weighted by Crippen LogP contribution is -2.25. The van der Waals surface area contributed by atoms with Crippen LogP contribution in [0.15, 0.2) is 24.3 Å². The van der Waals surface area contributed by atoms with Crippen molar-refractivity contribution in [3.8, 4) is 0 Å². The zero-order valence-corrected chi connectivity index (χ0v) is 10.1. The summed E-state index contributed by atoms with van der Waals surface area (Å²) in [6.07, 6.45) is 3.77. The molecule has 1 aromatic carbocycles. The molecule has 1 saturated carbocycles. The molecule has 2 N–H and O–H groups in total. The molecule has 0 aromatic heterocycles. The Morgan fingerprint density at radius 2 is 2.29 bits per heavy atom. The summed E-state index contributed by atoms with van der Waals surface area (Å²) in [6, 6.07) is 7.74. The van der Waals surface area contributed by atoms with E-state index in [9.17, 15) is 4.79 Å². The highest BCUT2D eigenvalue weighted by molar-refractivity contribution is 5.87. The molecule has 0 heterocycles. The Morgan fingerprint density at radius 3 is 2.94 bits per heavy atom. The number of hydrogen-bond donors (Lipinski definition) is 2. The van der Waals surface area contributed by atoms with Crippen molar-refractivity contribution in [3.63, 3.8) is 0 Å². The second-order valence-electron chi connectivity index (χ2n) is 5.00. The zero-order chi connectivity index (χ0) is 12.3. The van der Waals surface area contributed by atoms with Gasteiger partial charge in [-0.3, -0.25) is 0 Å². The molecule has 92 valence electrons. The third-order valence-electron chi connectivity index (χ3n) is 3.46. The highest BCUT2D eigenvalue weighted by atomic mass is 16.4. The maximum absolute atomic E-state index is 10.8. The predicted molar refractivity (Wildman–Crippen MR) is 67.0 cm³/mol. The summed E-state index contributed by atoms with van der Waals surface area (Å²) in [4.78, 5) is 10.8. The van der Waals surface area contributed by atoms with Gasteiger partial charge in [-0.1, -0.05) is 19.1 Å². The minimum atomic E-state index is -0.860. The second kappa shape index (κ2) is 5.32. The highest BCUT2D eigenvalue weighted by Crippen LogP contribution is 2.24. The lowest BCUT2D eigenvalue weighted by molar-refractivity contribution is 0.0697. The van der Waals surface area contributed by atoms with Crippen LogP contribution in [-0.4, -0.2) is 17.1 Å². The summed E-state index contributed by atoms with van der Waals surface area (Å²) in [5.41, 5.74) is 1.41. The Bertz CT molecular complexity index is 403. The number of rotatable bonds is 4. The van der Waals surface area contributed by atoms with Gasteiger partial charge < -0.3 is 10.4 Å². The molecular weight excluding hydrogens is 214 g/mol. The maximum Gasteiger partial charge on any atom is 0.335 e. The fraction of sp³-hybridized carbons (Fsp3) is 0.500. The molecule has 1 aromatic rings. The van der Waals surface area contributed by atoms with Crippen LogP contribution >= 0.6 is 0 Å². The van der Waals surface area contributed by atoms with E-state index >= 15 is 0 Å². The first-order valence-electron chi connectivity index (χ1n) is 6.21. The smallest absolute Gasteiger partial charge is 0.335 e. The van der Waals surface area contributed by atoms with Gasteiger partial charge in [0, 0.05) is 12.6 Å². The fourth-order valence-electron chi connectivity index (χ4n) is 2.47. The van der Waals surface area contributed by atoms with E-state index < -0.39 is 5.97 Å². The quantitative estimate of drug-likeness (QED) is 0.840. The van der Waals surface area contributed by atoms with Crippen molar-refractivity contribution >= 4 is 5.97 Å². The molecule has 17 heavy (non-hydrogen) atoms. The molecule has 1 aliphatic rings. The van der Waals surface area contributed by atoms with Gasteiger partial charge in [0.2, 0.25) is 0 Å². The van der Waals surface area contributed by atoms with E-state index in [2.05, 4.69) is 12.2 Å². The van der Waals surface area contributed by atoms with Gasteiger partial charge in [-0.15, -0.1) is 0 Å². The lowest BCUT2D eigenvalue weighted by atomic mass is 10.1. The Morgan fingerprint density at radius 1 is 1.47 bits per heavy atom. The number of nitrogens with one attached hydrogen (secondary N) is 1. The Hall–Kier alpha value is -1.35. The van der Waals surface area contributed by atoms with Gasteiger partial charge in [0.1, 0.15) is 0 Å². The summed E-state index contributed by atoms with van der Waals surface area (Å²) in [5.74, 6) is -0.0424. The highest BCUT2D eigenvalue weighted by Gasteiger charge is 2.20. The van der Waals surface area contributed by atoms with Crippen molar-refractivity contribution in [2.45, 2.75) is 38.8 Å². The third-order valence-corrected chi connectivity index (χ3v) is 3.46. The number of carbonyl (C=O) groups is 1. The Labute approximate surface area is 102 Å². The van der Waals surface area contributed by atoms with E-state index in [1.807, 2.05) is 6.07 Å². The molecule has 1 aliphatic carbocycles. The number of benzene rings is 1. The average molecular weight is 233 g/mol. The topological polar surface area (TPSA) is 49.3 Å².